The summed E-state index contributed by atoms with van der Waals surface area (Å²) in [5.41, 5.74) is 5.90. The molecule has 0 atom stereocenters. The molecule has 1 aromatic heterocycles. The summed E-state index contributed by atoms with van der Waals surface area (Å²) < 4.78 is 5.44. The second kappa shape index (κ2) is 5.34. The van der Waals surface area contributed by atoms with Crippen LogP contribution in [-0.2, 0) is 11.2 Å². The third-order valence-corrected chi connectivity index (χ3v) is 1.80. The van der Waals surface area contributed by atoms with Crippen molar-refractivity contribution in [3.8, 4) is 5.75 Å². The molecule has 2 N–H and O–H groups in total. The number of hydrogen-bond donors (Lipinski definition) is 1. The minimum Gasteiger partial charge on any atom is -0.489 e. The van der Waals surface area contributed by atoms with Crippen LogP contribution in [0.3, 0.4) is 0 Å². The topological polar surface area (TPSA) is 65.2 Å². The number of nitrogens with two attached hydrogens (primary N) is 1. The van der Waals surface area contributed by atoms with E-state index in [1.807, 2.05) is 26.0 Å². The van der Waals surface area contributed by atoms with Crippen LogP contribution in [0.5, 0.6) is 5.75 Å². The van der Waals surface area contributed by atoms with Crippen LogP contribution in [0.1, 0.15) is 26.0 Å². The van der Waals surface area contributed by atoms with Gasteiger partial charge in [0.1, 0.15) is 5.75 Å². The van der Waals surface area contributed by atoms with Gasteiger partial charge >= 0.3 is 0 Å². The average Bonchev–Trinajstić information content (AvgIpc) is 2.16. The van der Waals surface area contributed by atoms with Crippen LogP contribution in [-0.4, -0.2) is 17.0 Å². The maximum atomic E-state index is 10.6. The molecule has 0 fully saturated rings. The van der Waals surface area contributed by atoms with Gasteiger partial charge in [0, 0.05) is 12.1 Å². The van der Waals surface area contributed by atoms with E-state index in [-0.39, 0.29) is 12.0 Å². The molecule has 0 saturated carbocycles. The van der Waals surface area contributed by atoms with Crippen molar-refractivity contribution in [3.63, 3.8) is 0 Å². The molecule has 1 heterocycles. The normalized spacial score (nSPS) is 10.3. The van der Waals surface area contributed by atoms with Gasteiger partial charge < -0.3 is 10.5 Å². The van der Waals surface area contributed by atoms with Crippen molar-refractivity contribution in [2.24, 2.45) is 5.73 Å². The van der Waals surface area contributed by atoms with Crippen LogP contribution in [0.25, 0.3) is 0 Å². The van der Waals surface area contributed by atoms with Crippen LogP contribution in [0.2, 0.25) is 0 Å². The fourth-order valence-electron chi connectivity index (χ4n) is 1.15. The van der Waals surface area contributed by atoms with Crippen LogP contribution in [0.15, 0.2) is 18.3 Å². The zero-order chi connectivity index (χ0) is 11.3. The van der Waals surface area contributed by atoms with Gasteiger partial charge in [0.15, 0.2) is 0 Å². The van der Waals surface area contributed by atoms with Crippen molar-refractivity contribution in [1.82, 2.24) is 4.98 Å². The highest BCUT2D eigenvalue weighted by Crippen LogP contribution is 2.11. The molecule has 0 aliphatic carbocycles. The van der Waals surface area contributed by atoms with E-state index in [2.05, 4.69) is 4.98 Å². The first-order valence-corrected chi connectivity index (χ1v) is 4.98. The zero-order valence-electron chi connectivity index (χ0n) is 9.06. The van der Waals surface area contributed by atoms with E-state index in [1.165, 1.54) is 0 Å². The Balaban J connectivity index is 2.52. The lowest BCUT2D eigenvalue weighted by Crippen LogP contribution is -2.11. The smallest absolute Gasteiger partial charge is 0.217 e. The summed E-state index contributed by atoms with van der Waals surface area (Å²) in [5, 5.41) is 0. The first-order chi connectivity index (χ1) is 7.08. The van der Waals surface area contributed by atoms with E-state index in [0.717, 1.165) is 11.4 Å². The summed E-state index contributed by atoms with van der Waals surface area (Å²) in [6.45, 7) is 3.92. The molecule has 82 valence electrons. The van der Waals surface area contributed by atoms with E-state index >= 15 is 0 Å². The number of aromatic nitrogens is 1. The standard InChI is InChI=1S/C11H16N2O2/c1-8(2)15-10-5-3-9(13-7-10)4-6-11(12)14/h3,5,7-8H,4,6H2,1-2H3,(H2,12,14). The first-order valence-electron chi connectivity index (χ1n) is 4.98. The number of nitrogens with zero attached hydrogens (tertiary/aromatic N) is 1. The predicted octanol–water partition coefficient (Wildman–Crippen LogP) is 1.29. The van der Waals surface area contributed by atoms with Gasteiger partial charge in [0.25, 0.3) is 0 Å². The number of carbonyl (C=O) groups excluding carboxylic acids is 1. The van der Waals surface area contributed by atoms with E-state index in [9.17, 15) is 4.79 Å². The molecule has 0 aromatic carbocycles. The lowest BCUT2D eigenvalue weighted by Gasteiger charge is -2.09. The van der Waals surface area contributed by atoms with Gasteiger partial charge in [0.05, 0.1) is 12.3 Å². The summed E-state index contributed by atoms with van der Waals surface area (Å²) in [4.78, 5) is 14.7. The highest BCUT2D eigenvalue weighted by atomic mass is 16.5. The summed E-state index contributed by atoms with van der Waals surface area (Å²) in [6.07, 6.45) is 2.72. The maximum Gasteiger partial charge on any atom is 0.217 e. The van der Waals surface area contributed by atoms with Crippen molar-refractivity contribution in [2.45, 2.75) is 32.8 Å². The quantitative estimate of drug-likeness (QED) is 0.792. The van der Waals surface area contributed by atoms with Gasteiger partial charge in [-0.25, -0.2) is 0 Å². The van der Waals surface area contributed by atoms with Crippen molar-refractivity contribution >= 4 is 5.91 Å². The molecule has 0 radical (unpaired) electrons. The molecule has 4 nitrogen and oxygen atoms in total. The number of aryl methyl sites for hydroxylation is 1. The second-order valence-electron chi connectivity index (χ2n) is 3.62. The highest BCUT2D eigenvalue weighted by molar-refractivity contribution is 5.73. The number of pyridine rings is 1. The minimum atomic E-state index is -0.306. The molecular weight excluding hydrogens is 192 g/mol. The predicted molar refractivity (Wildman–Crippen MR) is 57.5 cm³/mol. The highest BCUT2D eigenvalue weighted by Gasteiger charge is 2.01. The third-order valence-electron chi connectivity index (χ3n) is 1.80. The SMILES string of the molecule is CC(C)Oc1ccc(CCC(N)=O)nc1. The minimum absolute atomic E-state index is 0.142. The fraction of sp³-hybridized carbons (Fsp3) is 0.455. The molecule has 0 aliphatic heterocycles. The third kappa shape index (κ3) is 4.44. The molecule has 1 rings (SSSR count). The van der Waals surface area contributed by atoms with E-state index in [0.29, 0.717) is 12.8 Å². The number of hydrogen-bond acceptors (Lipinski definition) is 3. The summed E-state index contributed by atoms with van der Waals surface area (Å²) in [7, 11) is 0. The van der Waals surface area contributed by atoms with Crippen LogP contribution < -0.4 is 10.5 Å². The molecule has 1 amide bonds. The molecule has 15 heavy (non-hydrogen) atoms. The van der Waals surface area contributed by atoms with Crippen LogP contribution in [0.4, 0.5) is 0 Å². The van der Waals surface area contributed by atoms with E-state index < -0.39 is 0 Å². The van der Waals surface area contributed by atoms with Crippen molar-refractivity contribution < 1.29 is 9.53 Å². The van der Waals surface area contributed by atoms with Gasteiger partial charge in [-0.1, -0.05) is 0 Å². The number of rotatable bonds is 5. The molecule has 1 aromatic rings. The monoisotopic (exact) mass is 208 g/mol. The molecular formula is C11H16N2O2. The van der Waals surface area contributed by atoms with Gasteiger partial charge in [0.2, 0.25) is 5.91 Å². The Kier molecular flexibility index (Phi) is 4.09. The van der Waals surface area contributed by atoms with E-state index in [1.54, 1.807) is 6.20 Å². The molecule has 0 bridgehead atoms. The second-order valence-corrected chi connectivity index (χ2v) is 3.62. The molecule has 4 heteroatoms. The fourth-order valence-corrected chi connectivity index (χ4v) is 1.15. The summed E-state index contributed by atoms with van der Waals surface area (Å²) in [5.74, 6) is 0.437. The number of ether oxygens (including phenoxy) is 1. The van der Waals surface area contributed by atoms with Gasteiger partial charge in [-0.2, -0.15) is 0 Å². The van der Waals surface area contributed by atoms with Crippen molar-refractivity contribution in [1.29, 1.82) is 0 Å². The number of primary amides is 1. The summed E-state index contributed by atoms with van der Waals surface area (Å²) >= 11 is 0. The lowest BCUT2D eigenvalue weighted by molar-refractivity contribution is -0.118. The maximum absolute atomic E-state index is 10.6. The molecule has 0 aliphatic rings. The largest absolute Gasteiger partial charge is 0.489 e. The van der Waals surface area contributed by atoms with Crippen molar-refractivity contribution in [2.75, 3.05) is 0 Å². The lowest BCUT2D eigenvalue weighted by atomic mass is 10.2. The van der Waals surface area contributed by atoms with E-state index in [4.69, 9.17) is 10.5 Å². The Hall–Kier alpha value is -1.58. The Morgan fingerprint density at radius 1 is 1.53 bits per heavy atom. The van der Waals surface area contributed by atoms with Gasteiger partial charge in [-0.15, -0.1) is 0 Å². The summed E-state index contributed by atoms with van der Waals surface area (Å²) in [6, 6.07) is 3.70. The Labute approximate surface area is 89.5 Å². The number of amides is 1. The Morgan fingerprint density at radius 2 is 2.27 bits per heavy atom. The van der Waals surface area contributed by atoms with Gasteiger partial charge in [-0.3, -0.25) is 9.78 Å². The van der Waals surface area contributed by atoms with Gasteiger partial charge in [-0.05, 0) is 32.4 Å². The Bertz CT molecular complexity index is 320. The molecule has 0 saturated heterocycles. The first kappa shape index (κ1) is 11.5. The molecule has 0 unspecified atom stereocenters. The number of carbonyl (C=O) groups is 1. The van der Waals surface area contributed by atoms with Crippen LogP contribution >= 0.6 is 0 Å². The van der Waals surface area contributed by atoms with Crippen molar-refractivity contribution in [3.05, 3.63) is 24.0 Å². The Morgan fingerprint density at radius 3 is 2.73 bits per heavy atom. The zero-order valence-corrected chi connectivity index (χ0v) is 9.06. The molecule has 0 spiro atoms. The van der Waals surface area contributed by atoms with Crippen LogP contribution in [0, 0.1) is 0 Å². The average molecular weight is 208 g/mol.